The molecule has 12 heteroatoms. The molecule has 1 aliphatic rings. The Balaban J connectivity index is 1.63. The molecular formula is C19H23F3N6O3. The number of nitro groups is 1. The normalized spacial score (nSPS) is 15.2. The zero-order valence-electron chi connectivity index (χ0n) is 17.1. The summed E-state index contributed by atoms with van der Waals surface area (Å²) < 4.78 is 40.8. The lowest BCUT2D eigenvalue weighted by atomic mass is 10.1. The van der Waals surface area contributed by atoms with E-state index in [9.17, 15) is 28.1 Å². The van der Waals surface area contributed by atoms with Crippen LogP contribution < -0.4 is 10.2 Å². The average molecular weight is 440 g/mol. The molecule has 1 N–H and O–H groups in total. The fourth-order valence-corrected chi connectivity index (χ4v) is 3.69. The number of aryl methyl sites for hydroxylation is 2. The zero-order valence-corrected chi connectivity index (χ0v) is 17.1. The van der Waals surface area contributed by atoms with Crippen molar-refractivity contribution in [3.63, 3.8) is 0 Å². The molecule has 9 nitrogen and oxygen atoms in total. The molecule has 1 aromatic carbocycles. The molecule has 1 fully saturated rings. The van der Waals surface area contributed by atoms with Crippen molar-refractivity contribution in [3.05, 3.63) is 45.6 Å². The van der Waals surface area contributed by atoms with Crippen LogP contribution in [0.5, 0.6) is 0 Å². The molecule has 0 saturated carbocycles. The first kappa shape index (κ1) is 22.5. The molecule has 1 aliphatic heterocycles. The van der Waals surface area contributed by atoms with Gasteiger partial charge in [-0.25, -0.2) is 4.68 Å². The van der Waals surface area contributed by atoms with Crippen molar-refractivity contribution in [2.45, 2.75) is 19.5 Å². The van der Waals surface area contributed by atoms with Crippen LogP contribution in [0.3, 0.4) is 0 Å². The number of carbonyl (C=O) groups excluding carboxylic acids is 1. The van der Waals surface area contributed by atoms with Gasteiger partial charge in [-0.2, -0.15) is 18.3 Å². The van der Waals surface area contributed by atoms with Gasteiger partial charge in [0.05, 0.1) is 22.7 Å². The van der Waals surface area contributed by atoms with Crippen LogP contribution in [0.25, 0.3) is 0 Å². The van der Waals surface area contributed by atoms with Gasteiger partial charge in [0, 0.05) is 33.2 Å². The van der Waals surface area contributed by atoms with Crippen molar-refractivity contribution in [1.29, 1.82) is 0 Å². The molecule has 3 rings (SSSR count). The third-order valence-electron chi connectivity index (χ3n) is 5.13. The second kappa shape index (κ2) is 8.92. The van der Waals surface area contributed by atoms with E-state index in [2.05, 4.69) is 10.4 Å². The zero-order chi connectivity index (χ0) is 22.8. The van der Waals surface area contributed by atoms with Crippen LogP contribution >= 0.6 is 0 Å². The van der Waals surface area contributed by atoms with Gasteiger partial charge in [0.2, 0.25) is 11.7 Å². The van der Waals surface area contributed by atoms with Crippen molar-refractivity contribution >= 4 is 23.1 Å². The summed E-state index contributed by atoms with van der Waals surface area (Å²) in [5.41, 5.74) is -0.785. The molecule has 0 radical (unpaired) electrons. The van der Waals surface area contributed by atoms with Gasteiger partial charge >= 0.3 is 11.9 Å². The molecular weight excluding hydrogens is 417 g/mol. The number of anilines is 2. The summed E-state index contributed by atoms with van der Waals surface area (Å²) in [4.78, 5) is 27.0. The van der Waals surface area contributed by atoms with E-state index in [1.807, 2.05) is 4.90 Å². The van der Waals surface area contributed by atoms with E-state index in [1.54, 1.807) is 18.9 Å². The van der Waals surface area contributed by atoms with Crippen molar-refractivity contribution in [3.8, 4) is 0 Å². The highest BCUT2D eigenvalue weighted by Gasteiger charge is 2.34. The highest BCUT2D eigenvalue weighted by atomic mass is 19.4. The molecule has 1 aromatic heterocycles. The Kier molecular flexibility index (Phi) is 6.48. The highest BCUT2D eigenvalue weighted by molar-refractivity contribution is 5.93. The number of nitrogens with zero attached hydrogens (tertiary/aromatic N) is 5. The standard InChI is InChI=1S/C19H23F3N6O3/c1-3-14-17(28(30)31)18(25(2)24-14)27-10-8-26(9-11-27)12-16(29)23-15-7-5-4-6-13(15)19(20,21)22/h4-7H,3,8-12H2,1-2H3,(H,23,29). The van der Waals surface area contributed by atoms with Gasteiger partial charge in [-0.15, -0.1) is 0 Å². The average Bonchev–Trinajstić information content (AvgIpc) is 3.04. The maximum Gasteiger partial charge on any atom is 0.418 e. The van der Waals surface area contributed by atoms with Crippen molar-refractivity contribution < 1.29 is 22.9 Å². The quantitative estimate of drug-likeness (QED) is 0.548. The number of aromatic nitrogens is 2. The number of alkyl halides is 3. The lowest BCUT2D eigenvalue weighted by Crippen LogP contribution is -2.49. The monoisotopic (exact) mass is 440 g/mol. The molecule has 0 spiro atoms. The minimum absolute atomic E-state index is 0.0139. The maximum atomic E-state index is 13.1. The summed E-state index contributed by atoms with van der Waals surface area (Å²) in [5.74, 6) is -0.130. The first-order chi connectivity index (χ1) is 14.6. The smallest absolute Gasteiger partial charge is 0.349 e. The Morgan fingerprint density at radius 1 is 1.23 bits per heavy atom. The Morgan fingerprint density at radius 3 is 2.45 bits per heavy atom. The maximum absolute atomic E-state index is 13.1. The number of hydrogen-bond acceptors (Lipinski definition) is 6. The van der Waals surface area contributed by atoms with E-state index in [1.165, 1.54) is 22.9 Å². The molecule has 168 valence electrons. The van der Waals surface area contributed by atoms with E-state index < -0.39 is 22.6 Å². The lowest BCUT2D eigenvalue weighted by Gasteiger charge is -2.34. The minimum atomic E-state index is -4.56. The molecule has 0 unspecified atom stereocenters. The SMILES string of the molecule is CCc1nn(C)c(N2CCN(CC(=O)Nc3ccccc3C(F)(F)F)CC2)c1[N+](=O)[O-]. The largest absolute Gasteiger partial charge is 0.418 e. The van der Waals surface area contributed by atoms with Crippen LogP contribution in [0, 0.1) is 10.1 Å². The van der Waals surface area contributed by atoms with Gasteiger partial charge in [0.25, 0.3) is 0 Å². The number of amides is 1. The van der Waals surface area contributed by atoms with Crippen LogP contribution in [-0.4, -0.2) is 58.2 Å². The van der Waals surface area contributed by atoms with Gasteiger partial charge in [-0.3, -0.25) is 19.8 Å². The van der Waals surface area contributed by atoms with E-state index in [0.29, 0.717) is 44.1 Å². The Hall–Kier alpha value is -3.15. The minimum Gasteiger partial charge on any atom is -0.349 e. The van der Waals surface area contributed by atoms with Gasteiger partial charge in [0.15, 0.2) is 0 Å². The number of halogens is 3. The summed E-state index contributed by atoms with van der Waals surface area (Å²) in [6, 6.07) is 4.82. The molecule has 0 atom stereocenters. The second-order valence-electron chi connectivity index (χ2n) is 7.21. The molecule has 2 aromatic rings. The van der Waals surface area contributed by atoms with Crippen LogP contribution in [0.2, 0.25) is 0 Å². The molecule has 0 aliphatic carbocycles. The number of benzene rings is 1. The van der Waals surface area contributed by atoms with E-state index in [4.69, 9.17) is 0 Å². The van der Waals surface area contributed by atoms with Gasteiger partial charge < -0.3 is 10.2 Å². The van der Waals surface area contributed by atoms with Crippen LogP contribution in [0.4, 0.5) is 30.4 Å². The number of rotatable bonds is 6. The van der Waals surface area contributed by atoms with E-state index in [0.717, 1.165) is 6.07 Å². The number of para-hydroxylation sites is 1. The first-order valence-electron chi connectivity index (χ1n) is 9.75. The number of hydrogen-bond donors (Lipinski definition) is 1. The van der Waals surface area contributed by atoms with Crippen LogP contribution in [-0.2, 0) is 24.4 Å². The topological polar surface area (TPSA) is 96.5 Å². The summed E-state index contributed by atoms with van der Waals surface area (Å²) in [6.45, 7) is 3.43. The highest BCUT2D eigenvalue weighted by Crippen LogP contribution is 2.35. The van der Waals surface area contributed by atoms with Crippen molar-refractivity contribution in [2.24, 2.45) is 7.05 Å². The molecule has 2 heterocycles. The fraction of sp³-hybridized carbons (Fsp3) is 0.474. The van der Waals surface area contributed by atoms with E-state index >= 15 is 0 Å². The summed E-state index contributed by atoms with van der Waals surface area (Å²) in [5, 5.41) is 18.1. The Labute approximate surface area is 176 Å². The molecule has 31 heavy (non-hydrogen) atoms. The van der Waals surface area contributed by atoms with Crippen molar-refractivity contribution in [2.75, 3.05) is 42.9 Å². The van der Waals surface area contributed by atoms with Gasteiger partial charge in [-0.1, -0.05) is 19.1 Å². The third-order valence-corrected chi connectivity index (χ3v) is 5.13. The van der Waals surface area contributed by atoms with Gasteiger partial charge in [0.1, 0.15) is 5.69 Å². The Morgan fingerprint density at radius 2 is 1.87 bits per heavy atom. The lowest BCUT2D eigenvalue weighted by molar-refractivity contribution is -0.384. The Bertz CT molecular complexity index is 967. The molecule has 1 saturated heterocycles. The third kappa shape index (κ3) is 4.95. The summed E-state index contributed by atoms with van der Waals surface area (Å²) in [7, 11) is 1.65. The van der Waals surface area contributed by atoms with E-state index in [-0.39, 0.29) is 17.9 Å². The summed E-state index contributed by atoms with van der Waals surface area (Å²) in [6.07, 6.45) is -4.13. The van der Waals surface area contributed by atoms with Crippen molar-refractivity contribution in [1.82, 2.24) is 14.7 Å². The molecule has 0 bridgehead atoms. The van der Waals surface area contributed by atoms with Crippen LogP contribution in [0.1, 0.15) is 18.2 Å². The summed E-state index contributed by atoms with van der Waals surface area (Å²) >= 11 is 0. The first-order valence-corrected chi connectivity index (χ1v) is 9.75. The van der Waals surface area contributed by atoms with Gasteiger partial charge in [-0.05, 0) is 18.6 Å². The predicted octanol–water partition coefficient (Wildman–Crippen LogP) is 2.67. The number of nitrogens with one attached hydrogen (secondary N) is 1. The fourth-order valence-electron chi connectivity index (χ4n) is 3.69. The second-order valence-corrected chi connectivity index (χ2v) is 7.21. The number of piperazine rings is 1. The predicted molar refractivity (Wildman–Crippen MR) is 108 cm³/mol. The van der Waals surface area contributed by atoms with Crippen LogP contribution in [0.15, 0.2) is 24.3 Å². The molecule has 1 amide bonds. The number of carbonyl (C=O) groups is 1.